The SMILES string of the molecule is [B]c1c([B])c(Br)c(C(=O)O)c(-c2ccc3ccccc3c2)c1[B]. The van der Waals surface area contributed by atoms with Crippen LogP contribution in [-0.2, 0) is 0 Å². The Hall–Kier alpha value is -1.94. The number of carboxylic acid groups (broad SMARTS) is 1. The van der Waals surface area contributed by atoms with Gasteiger partial charge in [-0.2, -0.15) is 0 Å². The number of rotatable bonds is 2. The largest absolute Gasteiger partial charge is 0.478 e. The molecule has 0 saturated heterocycles. The van der Waals surface area contributed by atoms with Crippen LogP contribution in [0.4, 0.5) is 0 Å². The summed E-state index contributed by atoms with van der Waals surface area (Å²) in [5.41, 5.74) is 1.50. The van der Waals surface area contributed by atoms with Gasteiger partial charge in [0.15, 0.2) is 0 Å². The molecule has 0 saturated carbocycles. The molecule has 1 N–H and O–H groups in total. The highest BCUT2D eigenvalue weighted by molar-refractivity contribution is 9.10. The van der Waals surface area contributed by atoms with Crippen molar-refractivity contribution >= 4 is 72.6 Å². The molecule has 6 radical (unpaired) electrons. The van der Waals surface area contributed by atoms with E-state index < -0.39 is 5.97 Å². The predicted octanol–water partition coefficient (Wildman–Crippen LogP) is 1.35. The lowest BCUT2D eigenvalue weighted by Crippen LogP contribution is -2.42. The molecule has 0 atom stereocenters. The van der Waals surface area contributed by atoms with Gasteiger partial charge in [-0.1, -0.05) is 63.3 Å². The smallest absolute Gasteiger partial charge is 0.337 e. The van der Waals surface area contributed by atoms with E-state index in [1.165, 1.54) is 0 Å². The average molecular weight is 357 g/mol. The summed E-state index contributed by atoms with van der Waals surface area (Å²) in [6.07, 6.45) is 0. The number of hydrogen-bond acceptors (Lipinski definition) is 1. The normalized spacial score (nSPS) is 10.8. The molecule has 3 aromatic carbocycles. The van der Waals surface area contributed by atoms with Crippen molar-refractivity contribution in [3.8, 4) is 11.1 Å². The van der Waals surface area contributed by atoms with Crippen LogP contribution in [0.3, 0.4) is 0 Å². The predicted molar refractivity (Wildman–Crippen MR) is 100 cm³/mol. The Kier molecular flexibility index (Phi) is 4.11. The molecule has 0 aliphatic heterocycles. The molecule has 0 spiro atoms. The van der Waals surface area contributed by atoms with Crippen molar-refractivity contribution in [3.05, 3.63) is 52.5 Å². The molecule has 3 rings (SSSR count). The van der Waals surface area contributed by atoms with Crippen LogP contribution < -0.4 is 16.4 Å². The molecule has 0 aliphatic carbocycles. The van der Waals surface area contributed by atoms with Gasteiger partial charge in [0.05, 0.1) is 5.56 Å². The van der Waals surface area contributed by atoms with Crippen LogP contribution in [0.25, 0.3) is 21.9 Å². The second-order valence-corrected chi connectivity index (χ2v) is 5.97. The van der Waals surface area contributed by atoms with E-state index in [4.69, 9.17) is 23.5 Å². The highest BCUT2D eigenvalue weighted by atomic mass is 79.9. The van der Waals surface area contributed by atoms with Crippen molar-refractivity contribution in [1.29, 1.82) is 0 Å². The zero-order valence-corrected chi connectivity index (χ0v) is 13.6. The number of aromatic carboxylic acids is 1. The molecule has 0 heterocycles. The summed E-state index contributed by atoms with van der Waals surface area (Å²) >= 11 is 3.22. The lowest BCUT2D eigenvalue weighted by Gasteiger charge is -2.19. The number of carbonyl (C=O) groups is 1. The van der Waals surface area contributed by atoms with Gasteiger partial charge in [0.1, 0.15) is 23.5 Å². The molecule has 3 aromatic rings. The van der Waals surface area contributed by atoms with Crippen LogP contribution in [0.1, 0.15) is 10.4 Å². The van der Waals surface area contributed by atoms with Gasteiger partial charge in [-0.3, -0.25) is 0 Å². The topological polar surface area (TPSA) is 37.3 Å². The third-order valence-electron chi connectivity index (χ3n) is 3.81. The minimum absolute atomic E-state index is 0.00415. The zero-order valence-electron chi connectivity index (χ0n) is 12.0. The molecular formula is C17H8B3BrO2. The van der Waals surface area contributed by atoms with Gasteiger partial charge >= 0.3 is 5.97 Å². The quantitative estimate of drug-likeness (QED) is 0.704. The Labute approximate surface area is 146 Å². The number of hydrogen-bond donors (Lipinski definition) is 1. The van der Waals surface area contributed by atoms with E-state index in [-0.39, 0.29) is 26.4 Å². The first-order chi connectivity index (χ1) is 10.9. The van der Waals surface area contributed by atoms with E-state index >= 15 is 0 Å². The Morgan fingerprint density at radius 2 is 1.57 bits per heavy atom. The third-order valence-corrected chi connectivity index (χ3v) is 4.63. The van der Waals surface area contributed by atoms with E-state index in [0.717, 1.165) is 10.8 Å². The Morgan fingerprint density at radius 3 is 2.22 bits per heavy atom. The summed E-state index contributed by atoms with van der Waals surface area (Å²) in [5, 5.41) is 11.6. The first-order valence-electron chi connectivity index (χ1n) is 6.80. The maximum atomic E-state index is 11.7. The van der Waals surface area contributed by atoms with Gasteiger partial charge in [0.2, 0.25) is 0 Å². The van der Waals surface area contributed by atoms with E-state index in [1.807, 2.05) is 42.5 Å². The van der Waals surface area contributed by atoms with E-state index in [1.54, 1.807) is 0 Å². The number of benzene rings is 3. The van der Waals surface area contributed by atoms with Crippen molar-refractivity contribution in [3.63, 3.8) is 0 Å². The summed E-state index contributed by atoms with van der Waals surface area (Å²) in [4.78, 5) is 11.7. The van der Waals surface area contributed by atoms with Crippen molar-refractivity contribution in [2.24, 2.45) is 0 Å². The fraction of sp³-hybridized carbons (Fsp3) is 0. The zero-order chi connectivity index (χ0) is 16.7. The van der Waals surface area contributed by atoms with Crippen LogP contribution in [0, 0.1) is 0 Å². The standard InChI is InChI=1S/C17H8B3BrO2/c18-13-11(12(17(22)23)16(21)15(20)14(13)19)10-6-5-8-3-1-2-4-9(8)7-10/h1-7H,(H,22,23). The highest BCUT2D eigenvalue weighted by Gasteiger charge is 2.21. The van der Waals surface area contributed by atoms with Gasteiger partial charge in [-0.25, -0.2) is 4.79 Å². The summed E-state index contributed by atoms with van der Waals surface area (Å²) in [6.45, 7) is 0. The van der Waals surface area contributed by atoms with Gasteiger partial charge in [-0.15, -0.1) is 5.46 Å². The molecule has 104 valence electrons. The molecule has 0 aliphatic rings. The summed E-state index contributed by atoms with van der Waals surface area (Å²) in [6, 6.07) is 13.4. The molecule has 0 amide bonds. The summed E-state index contributed by atoms with van der Waals surface area (Å²) in [7, 11) is 17.9. The maximum absolute atomic E-state index is 11.7. The molecule has 0 aromatic heterocycles. The van der Waals surface area contributed by atoms with E-state index in [0.29, 0.717) is 11.1 Å². The first-order valence-corrected chi connectivity index (χ1v) is 7.59. The van der Waals surface area contributed by atoms with Gasteiger partial charge < -0.3 is 5.11 Å². The molecule has 6 heteroatoms. The fourth-order valence-electron chi connectivity index (χ4n) is 2.62. The molecular weight excluding hydrogens is 349 g/mol. The summed E-state index contributed by atoms with van der Waals surface area (Å²) < 4.78 is 0.236. The number of halogens is 1. The molecule has 0 fully saturated rings. The van der Waals surface area contributed by atoms with Crippen molar-refractivity contribution in [2.45, 2.75) is 0 Å². The monoisotopic (exact) mass is 356 g/mol. The fourth-order valence-corrected chi connectivity index (χ4v) is 3.20. The first kappa shape index (κ1) is 15.9. The van der Waals surface area contributed by atoms with Crippen LogP contribution in [0.5, 0.6) is 0 Å². The Balaban J connectivity index is 2.39. The average Bonchev–Trinajstić information content (AvgIpc) is 2.55. The van der Waals surface area contributed by atoms with Crippen LogP contribution in [0.15, 0.2) is 46.9 Å². The van der Waals surface area contributed by atoms with Crippen LogP contribution in [-0.4, -0.2) is 34.6 Å². The summed E-state index contributed by atoms with van der Waals surface area (Å²) in [5.74, 6) is -1.13. The molecule has 2 nitrogen and oxygen atoms in total. The van der Waals surface area contributed by atoms with Crippen LogP contribution >= 0.6 is 15.9 Å². The Bertz CT molecular complexity index is 954. The third kappa shape index (κ3) is 2.61. The minimum atomic E-state index is -1.13. The van der Waals surface area contributed by atoms with Gasteiger partial charge in [-0.05, 0) is 28.0 Å². The number of carboxylic acids is 1. The molecule has 0 unspecified atom stereocenters. The highest BCUT2D eigenvalue weighted by Crippen LogP contribution is 2.28. The van der Waals surface area contributed by atoms with Crippen molar-refractivity contribution in [2.75, 3.05) is 0 Å². The van der Waals surface area contributed by atoms with Gasteiger partial charge in [0, 0.05) is 4.47 Å². The second kappa shape index (κ2) is 5.93. The lowest BCUT2D eigenvalue weighted by molar-refractivity contribution is 0.0697. The lowest BCUT2D eigenvalue weighted by atomic mass is 9.68. The van der Waals surface area contributed by atoms with Gasteiger partial charge in [0.25, 0.3) is 0 Å². The molecule has 0 bridgehead atoms. The van der Waals surface area contributed by atoms with E-state index in [2.05, 4.69) is 15.9 Å². The van der Waals surface area contributed by atoms with Crippen LogP contribution in [0.2, 0.25) is 0 Å². The maximum Gasteiger partial charge on any atom is 0.337 e. The minimum Gasteiger partial charge on any atom is -0.478 e. The molecule has 23 heavy (non-hydrogen) atoms. The second-order valence-electron chi connectivity index (χ2n) is 5.17. The van der Waals surface area contributed by atoms with Crippen molar-refractivity contribution < 1.29 is 9.90 Å². The number of fused-ring (bicyclic) bond motifs is 1. The van der Waals surface area contributed by atoms with Crippen molar-refractivity contribution in [1.82, 2.24) is 0 Å². The Morgan fingerprint density at radius 1 is 0.913 bits per heavy atom. The van der Waals surface area contributed by atoms with E-state index in [9.17, 15) is 9.90 Å².